The van der Waals surface area contributed by atoms with Crippen LogP contribution in [0.25, 0.3) is 0 Å². The Balaban J connectivity index is 0.00000162. The summed E-state index contributed by atoms with van der Waals surface area (Å²) in [4.78, 5) is 0. The molecule has 0 atom stereocenters. The van der Waals surface area contributed by atoms with Crippen molar-refractivity contribution in [3.05, 3.63) is 24.3 Å². The van der Waals surface area contributed by atoms with Gasteiger partial charge in [-0.3, -0.25) is 8.61 Å². The maximum Gasteiger partial charge on any atom is 1.00 e. The van der Waals surface area contributed by atoms with E-state index in [2.05, 4.69) is 0 Å². The molecule has 0 unspecified atom stereocenters. The normalized spacial score (nSPS) is 17.3. The van der Waals surface area contributed by atoms with Crippen LogP contribution in [-0.4, -0.2) is 28.9 Å². The molecule has 0 saturated carbocycles. The summed E-state index contributed by atoms with van der Waals surface area (Å²) in [5, 5.41) is 0. The van der Waals surface area contributed by atoms with Gasteiger partial charge in [-0.05, 0) is 12.1 Å². The van der Waals surface area contributed by atoms with E-state index in [1.165, 1.54) is 25.2 Å². The first-order valence-corrected chi connectivity index (χ1v) is 6.20. The predicted octanol–water partition coefficient (Wildman–Crippen LogP) is -1.42. The van der Waals surface area contributed by atoms with Crippen LogP contribution < -0.4 is 60.0 Å². The summed E-state index contributed by atoms with van der Waals surface area (Å²) in [6, 6.07) is 5.91. The zero-order valence-electron chi connectivity index (χ0n) is 9.85. The first-order valence-electron chi connectivity index (χ1n) is 4.80. The van der Waals surface area contributed by atoms with Gasteiger partial charge in [0.2, 0.25) is 0 Å². The van der Waals surface area contributed by atoms with Gasteiger partial charge >= 0.3 is 68.6 Å². The number of hydrogen-bond acceptors (Lipinski definition) is 2. The Labute approximate surface area is 146 Å². The third-order valence-corrected chi connectivity index (χ3v) is 4.28. The first kappa shape index (κ1) is 16.3. The molecule has 94 valence electrons. The molecular formula is C8H9BF3KN2O2S. The van der Waals surface area contributed by atoms with Gasteiger partial charge in [0.15, 0.2) is 0 Å². The molecule has 4 nitrogen and oxygen atoms in total. The molecule has 0 aliphatic carbocycles. The smallest absolute Gasteiger partial charge is 0.448 e. The van der Waals surface area contributed by atoms with E-state index in [-0.39, 0.29) is 62.8 Å². The van der Waals surface area contributed by atoms with Crippen LogP contribution in [0.3, 0.4) is 0 Å². The van der Waals surface area contributed by atoms with E-state index in [9.17, 15) is 21.4 Å². The summed E-state index contributed by atoms with van der Waals surface area (Å²) in [7, 11) is -2.86. The summed E-state index contributed by atoms with van der Waals surface area (Å²) in [6.07, 6.45) is -1.45. The zero-order chi connectivity index (χ0) is 12.8. The van der Waals surface area contributed by atoms with E-state index in [0.717, 1.165) is 4.31 Å². The van der Waals surface area contributed by atoms with Crippen molar-refractivity contribution in [1.82, 2.24) is 0 Å². The fourth-order valence-corrected chi connectivity index (χ4v) is 3.18. The summed E-state index contributed by atoms with van der Waals surface area (Å²) >= 11 is 0. The van der Waals surface area contributed by atoms with E-state index in [4.69, 9.17) is 0 Å². The van der Waals surface area contributed by atoms with Crippen LogP contribution >= 0.6 is 0 Å². The number of hydrogen-bond donors (Lipinski definition) is 0. The number of para-hydroxylation sites is 2. The quantitative estimate of drug-likeness (QED) is 0.629. The third-order valence-electron chi connectivity index (χ3n) is 2.49. The number of halogens is 3. The van der Waals surface area contributed by atoms with E-state index >= 15 is 0 Å². The molecule has 0 N–H and O–H groups in total. The van der Waals surface area contributed by atoms with E-state index in [0.29, 0.717) is 4.31 Å². The van der Waals surface area contributed by atoms with Crippen LogP contribution in [0.5, 0.6) is 0 Å². The number of rotatable bonds is 2. The van der Waals surface area contributed by atoms with Crippen molar-refractivity contribution in [3.63, 3.8) is 0 Å². The predicted molar refractivity (Wildman–Crippen MR) is 60.2 cm³/mol. The Morgan fingerprint density at radius 1 is 1.17 bits per heavy atom. The maximum atomic E-state index is 12.4. The second kappa shape index (κ2) is 5.33. The Hall–Kier alpha value is 0.261. The molecule has 0 fully saturated rings. The van der Waals surface area contributed by atoms with Gasteiger partial charge in [0.05, 0.1) is 11.4 Å². The van der Waals surface area contributed by atoms with Gasteiger partial charge in [0.25, 0.3) is 0 Å². The molecule has 1 heterocycles. The van der Waals surface area contributed by atoms with Crippen molar-refractivity contribution in [3.8, 4) is 0 Å². The van der Waals surface area contributed by atoms with Gasteiger partial charge in [-0.25, -0.2) is 0 Å². The molecule has 18 heavy (non-hydrogen) atoms. The van der Waals surface area contributed by atoms with E-state index in [1.54, 1.807) is 6.07 Å². The molecule has 10 heteroatoms. The monoisotopic (exact) mass is 304 g/mol. The van der Waals surface area contributed by atoms with Crippen LogP contribution in [-0.2, 0) is 10.2 Å². The molecule has 1 aromatic rings. The van der Waals surface area contributed by atoms with Gasteiger partial charge in [-0.1, -0.05) is 12.1 Å². The Bertz CT molecular complexity index is 552. The first-order chi connectivity index (χ1) is 7.73. The minimum absolute atomic E-state index is 0. The fourth-order valence-electron chi connectivity index (χ4n) is 1.72. The number of benzene rings is 1. The van der Waals surface area contributed by atoms with Crippen molar-refractivity contribution in [1.29, 1.82) is 0 Å². The molecule has 0 amide bonds. The zero-order valence-corrected chi connectivity index (χ0v) is 13.8. The SMILES string of the molecule is CN1c2ccccc2N(C[B-](F)(F)F)S1(=O)=O.[K+]. The Morgan fingerprint density at radius 3 is 2.17 bits per heavy atom. The van der Waals surface area contributed by atoms with Crippen molar-refractivity contribution >= 4 is 28.6 Å². The molecule has 0 bridgehead atoms. The second-order valence-electron chi connectivity index (χ2n) is 3.71. The van der Waals surface area contributed by atoms with Crippen molar-refractivity contribution in [2.75, 3.05) is 22.1 Å². The molecule has 1 aliphatic heterocycles. The van der Waals surface area contributed by atoms with Gasteiger partial charge in [-0.2, -0.15) is 8.42 Å². The summed E-state index contributed by atoms with van der Waals surface area (Å²) in [5.41, 5.74) is 0.321. The fraction of sp³-hybridized carbons (Fsp3) is 0.250. The minimum atomic E-state index is -5.21. The second-order valence-corrected chi connectivity index (χ2v) is 5.59. The van der Waals surface area contributed by atoms with Crippen LogP contribution in [0.4, 0.5) is 24.3 Å². The topological polar surface area (TPSA) is 40.6 Å². The molecule has 1 aliphatic rings. The molecule has 0 saturated heterocycles. The molecular weight excluding hydrogens is 295 g/mol. The largest absolute Gasteiger partial charge is 1.00 e. The molecule has 0 radical (unpaired) electrons. The molecule has 0 aromatic heterocycles. The van der Waals surface area contributed by atoms with Gasteiger partial charge in [0.1, 0.15) is 0 Å². The van der Waals surface area contributed by atoms with Crippen LogP contribution in [0, 0.1) is 0 Å². The van der Waals surface area contributed by atoms with Crippen LogP contribution in [0.2, 0.25) is 0 Å². The van der Waals surface area contributed by atoms with E-state index < -0.39 is 23.6 Å². The van der Waals surface area contributed by atoms with Crippen LogP contribution in [0.1, 0.15) is 0 Å². The average molecular weight is 304 g/mol. The Kier molecular flexibility index (Phi) is 4.83. The number of nitrogens with zero attached hydrogens (tertiary/aromatic N) is 2. The van der Waals surface area contributed by atoms with Gasteiger partial charge in [0, 0.05) is 13.5 Å². The van der Waals surface area contributed by atoms with Crippen molar-refractivity contribution in [2.45, 2.75) is 0 Å². The molecule has 0 spiro atoms. The summed E-state index contributed by atoms with van der Waals surface area (Å²) < 4.78 is 62.1. The Morgan fingerprint density at radius 2 is 1.67 bits per heavy atom. The van der Waals surface area contributed by atoms with Crippen molar-refractivity contribution < 1.29 is 72.7 Å². The standard InChI is InChI=1S/C8H9BF3N2O2S.K/c1-13-7-4-2-3-5-8(7)14(17(13,15)16)6-9(10,11)12;/h2-5H,6H2,1H3;/q-1;+1. The van der Waals surface area contributed by atoms with Gasteiger partial charge < -0.3 is 12.9 Å². The number of fused-ring (bicyclic) bond motifs is 1. The number of anilines is 2. The average Bonchev–Trinajstić information content (AvgIpc) is 2.39. The summed E-state index contributed by atoms with van der Waals surface area (Å²) in [6.45, 7) is -5.21. The van der Waals surface area contributed by atoms with Crippen molar-refractivity contribution in [2.24, 2.45) is 0 Å². The summed E-state index contributed by atoms with van der Waals surface area (Å²) in [5.74, 6) is 0. The van der Waals surface area contributed by atoms with Crippen LogP contribution in [0.15, 0.2) is 24.3 Å². The third kappa shape index (κ3) is 2.88. The van der Waals surface area contributed by atoms with E-state index in [1.807, 2.05) is 0 Å². The molecule has 1 aromatic carbocycles. The molecule has 2 rings (SSSR count). The minimum Gasteiger partial charge on any atom is -0.448 e. The maximum absolute atomic E-state index is 12.4. The van der Waals surface area contributed by atoms with Gasteiger partial charge in [-0.15, -0.1) is 0 Å².